The van der Waals surface area contributed by atoms with Crippen molar-refractivity contribution in [2.45, 2.75) is 57.6 Å². The quantitative estimate of drug-likeness (QED) is 0.553. The van der Waals surface area contributed by atoms with Gasteiger partial charge in [-0.3, -0.25) is 0 Å². The number of aliphatic hydroxyl groups is 3. The van der Waals surface area contributed by atoms with Gasteiger partial charge in [0.05, 0.1) is 17.5 Å². The van der Waals surface area contributed by atoms with E-state index in [-0.39, 0.29) is 0 Å². The Labute approximate surface area is 99.5 Å². The molecule has 3 atom stereocenters. The lowest BCUT2D eigenvalue weighted by molar-refractivity contribution is 0.187. The lowest BCUT2D eigenvalue weighted by Crippen LogP contribution is -2.21. The first-order valence-corrected chi connectivity index (χ1v) is 7.59. The molecule has 0 saturated heterocycles. The van der Waals surface area contributed by atoms with E-state index in [9.17, 15) is 15.3 Å². The van der Waals surface area contributed by atoms with Gasteiger partial charge >= 0.3 is 8.69 Å². The third kappa shape index (κ3) is 7.61. The third-order valence-corrected chi connectivity index (χ3v) is 5.29. The summed E-state index contributed by atoms with van der Waals surface area (Å²) < 4.78 is 8.46. The van der Waals surface area contributed by atoms with E-state index in [0.717, 1.165) is 0 Å². The highest BCUT2D eigenvalue weighted by Gasteiger charge is 2.29. The molecular formula is C9H22O5P2. The van der Waals surface area contributed by atoms with Crippen molar-refractivity contribution in [1.29, 1.82) is 0 Å². The molecule has 4 N–H and O–H groups in total. The van der Waals surface area contributed by atoms with Gasteiger partial charge in [0.2, 0.25) is 0 Å². The fourth-order valence-corrected chi connectivity index (χ4v) is 3.69. The Hall–Kier alpha value is 0.370. The maximum Gasteiger partial charge on any atom is 0.324 e. The molecule has 0 radical (unpaired) electrons. The van der Waals surface area contributed by atoms with Crippen LogP contribution in [0.3, 0.4) is 0 Å². The van der Waals surface area contributed by atoms with Crippen molar-refractivity contribution in [3.8, 4) is 0 Å². The van der Waals surface area contributed by atoms with Crippen molar-refractivity contribution in [2.24, 2.45) is 0 Å². The Morgan fingerprint density at radius 1 is 0.938 bits per heavy atom. The average molecular weight is 272 g/mol. The zero-order chi connectivity index (χ0) is 13.1. The van der Waals surface area contributed by atoms with Crippen LogP contribution in [-0.2, 0) is 4.57 Å². The van der Waals surface area contributed by atoms with Crippen LogP contribution in [0.1, 0.15) is 40.0 Å². The molecule has 3 unspecified atom stereocenters. The van der Waals surface area contributed by atoms with Crippen molar-refractivity contribution in [2.75, 3.05) is 0 Å². The van der Waals surface area contributed by atoms with Gasteiger partial charge in [0.15, 0.2) is 0 Å². The minimum Gasteiger partial charge on any atom is -0.388 e. The van der Waals surface area contributed by atoms with Crippen LogP contribution in [-0.4, -0.2) is 37.7 Å². The smallest absolute Gasteiger partial charge is 0.324 e. The second-order valence-electron chi connectivity index (χ2n) is 3.20. The van der Waals surface area contributed by atoms with Gasteiger partial charge in [-0.25, -0.2) is 4.57 Å². The highest BCUT2D eigenvalue weighted by atomic mass is 31.1. The standard InChI is InChI=1S/C9H21O3P.HO2P/c1-4-7(10)13(8(11)5-2)9(12)6-3;1-3-2/h7-12H,4-6H2,1-3H3;(H,1,2). The fourth-order valence-electron chi connectivity index (χ4n) is 1.23. The van der Waals surface area contributed by atoms with Crippen molar-refractivity contribution >= 4 is 16.6 Å². The number of hydrogen-bond acceptors (Lipinski definition) is 4. The van der Waals surface area contributed by atoms with E-state index in [0.29, 0.717) is 19.3 Å². The van der Waals surface area contributed by atoms with Crippen LogP contribution in [0.5, 0.6) is 0 Å². The van der Waals surface area contributed by atoms with Gasteiger partial charge in [-0.05, 0) is 27.2 Å². The van der Waals surface area contributed by atoms with E-state index in [1.807, 2.05) is 20.8 Å². The Morgan fingerprint density at radius 2 is 1.12 bits per heavy atom. The molecule has 0 heterocycles. The van der Waals surface area contributed by atoms with Crippen LogP contribution in [0.2, 0.25) is 0 Å². The lowest BCUT2D eigenvalue weighted by Gasteiger charge is -2.30. The van der Waals surface area contributed by atoms with Crippen LogP contribution >= 0.6 is 16.6 Å². The Morgan fingerprint density at radius 3 is 1.25 bits per heavy atom. The molecule has 5 nitrogen and oxygen atoms in total. The van der Waals surface area contributed by atoms with Crippen LogP contribution in [0.4, 0.5) is 0 Å². The molecule has 7 heteroatoms. The molecule has 0 saturated carbocycles. The summed E-state index contributed by atoms with van der Waals surface area (Å²) in [6.45, 7) is 5.60. The predicted molar refractivity (Wildman–Crippen MR) is 65.6 cm³/mol. The van der Waals surface area contributed by atoms with Crippen molar-refractivity contribution in [3.05, 3.63) is 0 Å². The average Bonchev–Trinajstić information content (AvgIpc) is 2.29. The molecule has 98 valence electrons. The molecule has 0 aliphatic rings. The third-order valence-electron chi connectivity index (χ3n) is 2.13. The zero-order valence-electron chi connectivity index (χ0n) is 9.94. The highest BCUT2D eigenvalue weighted by Crippen LogP contribution is 2.51. The molecular weight excluding hydrogens is 250 g/mol. The molecule has 0 fully saturated rings. The minimum absolute atomic E-state index is 0.542. The summed E-state index contributed by atoms with van der Waals surface area (Å²) >= 11 is 0. The van der Waals surface area contributed by atoms with E-state index < -0.39 is 34.1 Å². The molecule has 0 aromatic carbocycles. The van der Waals surface area contributed by atoms with Crippen molar-refractivity contribution in [3.63, 3.8) is 0 Å². The maximum absolute atomic E-state index is 9.63. The molecule has 16 heavy (non-hydrogen) atoms. The fraction of sp³-hybridized carbons (Fsp3) is 1.00. The Balaban J connectivity index is 0. The summed E-state index contributed by atoms with van der Waals surface area (Å²) in [7, 11) is -1.91. The highest BCUT2D eigenvalue weighted by molar-refractivity contribution is 7.59. The first kappa shape index (κ1) is 18.7. The lowest BCUT2D eigenvalue weighted by atomic mass is 10.5. The second-order valence-corrected chi connectivity index (χ2v) is 6.04. The monoisotopic (exact) mass is 272 g/mol. The first-order chi connectivity index (χ1) is 7.49. The molecule has 0 amide bonds. The van der Waals surface area contributed by atoms with Gasteiger partial charge in [0.1, 0.15) is 0 Å². The first-order valence-electron chi connectivity index (χ1n) is 5.28. The normalized spacial score (nSPS) is 18.2. The molecule has 0 aromatic rings. The van der Waals surface area contributed by atoms with E-state index in [2.05, 4.69) is 0 Å². The molecule has 0 rings (SSSR count). The van der Waals surface area contributed by atoms with E-state index >= 15 is 0 Å². The van der Waals surface area contributed by atoms with E-state index in [1.54, 1.807) is 0 Å². The van der Waals surface area contributed by atoms with E-state index in [1.165, 1.54) is 0 Å². The molecule has 0 aliphatic heterocycles. The Bertz CT molecular complexity index is 146. The topological polar surface area (TPSA) is 98.0 Å². The summed E-state index contributed by atoms with van der Waals surface area (Å²) in [6, 6.07) is 0. The predicted octanol–water partition coefficient (Wildman–Crippen LogP) is 1.84. The summed E-state index contributed by atoms with van der Waals surface area (Å²) in [5.74, 6) is -1.63. The van der Waals surface area contributed by atoms with Crippen LogP contribution in [0.25, 0.3) is 0 Å². The molecule has 0 aliphatic carbocycles. The molecule has 0 aromatic heterocycles. The largest absolute Gasteiger partial charge is 0.388 e. The van der Waals surface area contributed by atoms with Crippen molar-refractivity contribution in [1.82, 2.24) is 0 Å². The summed E-state index contributed by atoms with van der Waals surface area (Å²) in [4.78, 5) is 6.99. The molecule has 0 bridgehead atoms. The number of hydrogen-bond donors (Lipinski definition) is 4. The van der Waals surface area contributed by atoms with Gasteiger partial charge in [-0.2, -0.15) is 0 Å². The van der Waals surface area contributed by atoms with Gasteiger partial charge < -0.3 is 20.2 Å². The summed E-state index contributed by atoms with van der Waals surface area (Å²) in [5, 5.41) is 28.9. The van der Waals surface area contributed by atoms with E-state index in [4.69, 9.17) is 9.46 Å². The SMILES string of the molecule is CCC(O)P(C(O)CC)C(O)CC.O=PO. The molecule has 0 spiro atoms. The van der Waals surface area contributed by atoms with Crippen LogP contribution in [0, 0.1) is 0 Å². The number of rotatable bonds is 6. The minimum atomic E-state index is -1.08. The van der Waals surface area contributed by atoms with Gasteiger partial charge in [-0.1, -0.05) is 20.8 Å². The van der Waals surface area contributed by atoms with Gasteiger partial charge in [0.25, 0.3) is 0 Å². The Kier molecular flexibility index (Phi) is 13.9. The zero-order valence-corrected chi connectivity index (χ0v) is 11.7. The number of aliphatic hydroxyl groups excluding tert-OH is 3. The summed E-state index contributed by atoms with van der Waals surface area (Å²) in [6.07, 6.45) is 1.79. The second kappa shape index (κ2) is 11.8. The van der Waals surface area contributed by atoms with Crippen LogP contribution in [0.15, 0.2) is 0 Å². The van der Waals surface area contributed by atoms with Crippen LogP contribution < -0.4 is 0 Å². The summed E-state index contributed by atoms with van der Waals surface area (Å²) in [5.41, 5.74) is 0. The van der Waals surface area contributed by atoms with Gasteiger partial charge in [-0.15, -0.1) is 0 Å². The maximum atomic E-state index is 9.63. The van der Waals surface area contributed by atoms with Crippen molar-refractivity contribution < 1.29 is 24.8 Å². The van der Waals surface area contributed by atoms with Gasteiger partial charge in [0, 0.05) is 0 Å².